The van der Waals surface area contributed by atoms with Gasteiger partial charge in [0, 0.05) is 37.7 Å². The van der Waals surface area contributed by atoms with Crippen molar-refractivity contribution in [2.75, 3.05) is 18.0 Å². The Morgan fingerprint density at radius 3 is 2.20 bits per heavy atom. The fraction of sp³-hybridized carbons (Fsp3) is 0.500. The van der Waals surface area contributed by atoms with Crippen LogP contribution in [0.15, 0.2) is 29.2 Å². The van der Waals surface area contributed by atoms with E-state index in [-0.39, 0.29) is 6.04 Å². The summed E-state index contributed by atoms with van der Waals surface area (Å²) in [5.74, 6) is 0.300. The monoisotopic (exact) mass is 294 g/mol. The molecule has 1 saturated heterocycles. The van der Waals surface area contributed by atoms with Gasteiger partial charge in [0.15, 0.2) is 0 Å². The maximum absolute atomic E-state index is 12.0. The Kier molecular flexibility index (Phi) is 3.52. The molecule has 1 aliphatic carbocycles. The van der Waals surface area contributed by atoms with Gasteiger partial charge >= 0.3 is 0 Å². The van der Waals surface area contributed by atoms with E-state index in [1.54, 1.807) is 12.1 Å². The summed E-state index contributed by atoms with van der Waals surface area (Å²) >= 11 is 0. The Morgan fingerprint density at radius 2 is 1.65 bits per heavy atom. The molecule has 1 saturated carbocycles. The second-order valence-electron chi connectivity index (χ2n) is 5.42. The van der Waals surface area contributed by atoms with Crippen LogP contribution in [-0.2, 0) is 14.8 Å². The summed E-state index contributed by atoms with van der Waals surface area (Å²) in [7, 11) is -3.38. The van der Waals surface area contributed by atoms with Crippen LogP contribution >= 0.6 is 0 Å². The number of ketones is 1. The topological polar surface area (TPSA) is 66.5 Å². The third-order valence-corrected chi connectivity index (χ3v) is 5.27. The number of anilines is 1. The number of hydrogen-bond acceptors (Lipinski definition) is 4. The molecule has 20 heavy (non-hydrogen) atoms. The Labute approximate surface area is 119 Å². The molecule has 5 nitrogen and oxygen atoms in total. The minimum atomic E-state index is -3.38. The highest BCUT2D eigenvalue weighted by Crippen LogP contribution is 2.24. The number of Topliss-reactive ketones (excluding diaryl/α,β-unsaturated/α-hetero) is 1. The molecule has 2 aliphatic rings. The van der Waals surface area contributed by atoms with E-state index in [2.05, 4.69) is 9.62 Å². The normalized spacial score (nSPS) is 20.2. The number of benzene rings is 1. The van der Waals surface area contributed by atoms with Crippen molar-refractivity contribution in [2.45, 2.75) is 36.6 Å². The van der Waals surface area contributed by atoms with Gasteiger partial charge < -0.3 is 4.90 Å². The zero-order chi connectivity index (χ0) is 14.2. The quantitative estimate of drug-likeness (QED) is 0.909. The Hall–Kier alpha value is -1.40. The van der Waals surface area contributed by atoms with E-state index in [9.17, 15) is 13.2 Å². The van der Waals surface area contributed by atoms with Gasteiger partial charge in [-0.3, -0.25) is 4.79 Å². The molecule has 6 heteroatoms. The van der Waals surface area contributed by atoms with Crippen molar-refractivity contribution in [1.82, 2.24) is 4.72 Å². The third kappa shape index (κ3) is 3.02. The minimum absolute atomic E-state index is 0.118. The molecular weight excluding hydrogens is 276 g/mol. The number of carbonyl (C=O) groups excluding carboxylic acids is 1. The van der Waals surface area contributed by atoms with Gasteiger partial charge in [-0.1, -0.05) is 0 Å². The lowest BCUT2D eigenvalue weighted by molar-refractivity contribution is -0.119. The highest BCUT2D eigenvalue weighted by Gasteiger charge is 2.28. The van der Waals surface area contributed by atoms with Crippen LogP contribution in [0.3, 0.4) is 0 Å². The van der Waals surface area contributed by atoms with Crippen LogP contribution < -0.4 is 9.62 Å². The fourth-order valence-electron chi connectivity index (χ4n) is 2.34. The molecular formula is C14H18N2O3S. The largest absolute Gasteiger partial charge is 0.371 e. The van der Waals surface area contributed by atoms with E-state index < -0.39 is 10.0 Å². The number of carbonyl (C=O) groups is 1. The minimum Gasteiger partial charge on any atom is -0.371 e. The molecule has 108 valence electrons. The fourth-order valence-corrected chi connectivity index (χ4v) is 3.64. The smallest absolute Gasteiger partial charge is 0.240 e. The van der Waals surface area contributed by atoms with E-state index in [4.69, 9.17) is 0 Å². The second-order valence-corrected chi connectivity index (χ2v) is 7.13. The number of piperidine rings is 1. The van der Waals surface area contributed by atoms with Crippen molar-refractivity contribution in [1.29, 1.82) is 0 Å². The molecule has 0 amide bonds. The number of sulfonamides is 1. The molecule has 1 aromatic rings. The van der Waals surface area contributed by atoms with Gasteiger partial charge in [0.25, 0.3) is 0 Å². The average molecular weight is 294 g/mol. The van der Waals surface area contributed by atoms with Gasteiger partial charge in [-0.2, -0.15) is 0 Å². The standard InChI is InChI=1S/C14H18N2O3S/c17-13-7-9-16(10-8-13)12-3-5-14(6-4-12)20(18,19)15-11-1-2-11/h3-6,11,15H,1-2,7-10H2. The van der Waals surface area contributed by atoms with E-state index >= 15 is 0 Å². The van der Waals surface area contributed by atoms with E-state index in [1.807, 2.05) is 12.1 Å². The lowest BCUT2D eigenvalue weighted by Crippen LogP contribution is -2.33. The Morgan fingerprint density at radius 1 is 1.05 bits per heavy atom. The molecule has 3 rings (SSSR count). The maximum atomic E-state index is 12.0. The molecule has 2 fully saturated rings. The van der Waals surface area contributed by atoms with Gasteiger partial charge in [0.1, 0.15) is 5.78 Å². The molecule has 1 heterocycles. The number of rotatable bonds is 4. The summed E-state index contributed by atoms with van der Waals surface area (Å²) in [5, 5.41) is 0. The molecule has 0 unspecified atom stereocenters. The zero-order valence-electron chi connectivity index (χ0n) is 11.2. The molecule has 0 spiro atoms. The molecule has 1 aromatic carbocycles. The molecule has 1 aliphatic heterocycles. The highest BCUT2D eigenvalue weighted by molar-refractivity contribution is 7.89. The molecule has 0 radical (unpaired) electrons. The van der Waals surface area contributed by atoms with Crippen LogP contribution in [0.5, 0.6) is 0 Å². The van der Waals surface area contributed by atoms with E-state index in [1.165, 1.54) is 0 Å². The first-order chi connectivity index (χ1) is 9.54. The number of nitrogens with zero attached hydrogens (tertiary/aromatic N) is 1. The predicted molar refractivity (Wildman–Crippen MR) is 76.2 cm³/mol. The zero-order valence-corrected chi connectivity index (χ0v) is 12.0. The average Bonchev–Trinajstić information content (AvgIpc) is 3.23. The summed E-state index contributed by atoms with van der Waals surface area (Å²) in [6.45, 7) is 1.43. The van der Waals surface area contributed by atoms with Crippen molar-refractivity contribution in [3.8, 4) is 0 Å². The van der Waals surface area contributed by atoms with Crippen LogP contribution in [0.2, 0.25) is 0 Å². The van der Waals surface area contributed by atoms with Crippen LogP contribution in [-0.4, -0.2) is 33.3 Å². The first-order valence-corrected chi connectivity index (χ1v) is 8.42. The van der Waals surface area contributed by atoms with Crippen molar-refractivity contribution < 1.29 is 13.2 Å². The van der Waals surface area contributed by atoms with Crippen LogP contribution in [0.1, 0.15) is 25.7 Å². The van der Waals surface area contributed by atoms with Crippen LogP contribution in [0, 0.1) is 0 Å². The van der Waals surface area contributed by atoms with Crippen molar-refractivity contribution >= 4 is 21.5 Å². The van der Waals surface area contributed by atoms with Gasteiger partial charge in [-0.15, -0.1) is 0 Å². The van der Waals surface area contributed by atoms with E-state index in [0.717, 1.165) is 18.5 Å². The SMILES string of the molecule is O=C1CCN(c2ccc(S(=O)(=O)NC3CC3)cc2)CC1. The predicted octanol–water partition coefficient (Wildman–Crippen LogP) is 1.30. The first kappa shape index (κ1) is 13.6. The summed E-state index contributed by atoms with van der Waals surface area (Å²) in [5.41, 5.74) is 0.975. The van der Waals surface area contributed by atoms with Crippen molar-refractivity contribution in [3.05, 3.63) is 24.3 Å². The summed E-state index contributed by atoms with van der Waals surface area (Å²) in [6.07, 6.45) is 3.00. The molecule has 0 bridgehead atoms. The van der Waals surface area contributed by atoms with Crippen LogP contribution in [0.4, 0.5) is 5.69 Å². The lowest BCUT2D eigenvalue weighted by Gasteiger charge is -2.28. The Balaban J connectivity index is 1.72. The highest BCUT2D eigenvalue weighted by atomic mass is 32.2. The summed E-state index contributed by atoms with van der Waals surface area (Å²) in [4.78, 5) is 13.6. The number of hydrogen-bond donors (Lipinski definition) is 1. The number of nitrogens with one attached hydrogen (secondary N) is 1. The molecule has 1 N–H and O–H groups in total. The van der Waals surface area contributed by atoms with Gasteiger partial charge in [0.05, 0.1) is 4.90 Å². The van der Waals surface area contributed by atoms with Gasteiger partial charge in [0.2, 0.25) is 10.0 Å². The summed E-state index contributed by atoms with van der Waals surface area (Å²) < 4.78 is 26.8. The van der Waals surface area contributed by atoms with Crippen molar-refractivity contribution in [2.24, 2.45) is 0 Å². The third-order valence-electron chi connectivity index (χ3n) is 3.73. The first-order valence-electron chi connectivity index (χ1n) is 6.94. The second kappa shape index (κ2) is 5.18. The molecule has 0 aromatic heterocycles. The summed E-state index contributed by atoms with van der Waals surface area (Å²) in [6, 6.07) is 7.02. The Bertz CT molecular complexity index is 596. The molecule has 0 atom stereocenters. The van der Waals surface area contributed by atoms with Crippen molar-refractivity contribution in [3.63, 3.8) is 0 Å². The lowest BCUT2D eigenvalue weighted by atomic mass is 10.1. The van der Waals surface area contributed by atoms with Gasteiger partial charge in [-0.05, 0) is 37.1 Å². The van der Waals surface area contributed by atoms with Crippen LogP contribution in [0.25, 0.3) is 0 Å². The van der Waals surface area contributed by atoms with E-state index in [0.29, 0.717) is 36.6 Å². The van der Waals surface area contributed by atoms with Gasteiger partial charge in [-0.25, -0.2) is 13.1 Å². The maximum Gasteiger partial charge on any atom is 0.240 e.